The highest BCUT2D eigenvalue weighted by Gasteiger charge is 2.05. The zero-order valence-electron chi connectivity index (χ0n) is 23.2. The molecule has 8 nitrogen and oxygen atoms in total. The molecule has 2 aromatic heterocycles. The Labute approximate surface area is 230 Å². The normalized spacial score (nSPS) is 10.3. The van der Waals surface area contributed by atoms with Crippen LogP contribution in [0.3, 0.4) is 0 Å². The average Bonchev–Trinajstić information content (AvgIpc) is 3.36. The number of carbonyl (C=O) groups excluding carboxylic acids is 2. The predicted molar refractivity (Wildman–Crippen MR) is 158 cm³/mol. The van der Waals surface area contributed by atoms with Gasteiger partial charge in [0.2, 0.25) is 11.8 Å². The second-order valence-electron chi connectivity index (χ2n) is 8.70. The van der Waals surface area contributed by atoms with Gasteiger partial charge in [-0.25, -0.2) is 5.48 Å². The molecular formula is C31H39N5O3. The molecule has 0 aliphatic rings. The van der Waals surface area contributed by atoms with Gasteiger partial charge in [-0.15, -0.1) is 0 Å². The van der Waals surface area contributed by atoms with Crippen molar-refractivity contribution in [1.82, 2.24) is 20.7 Å². The van der Waals surface area contributed by atoms with Crippen molar-refractivity contribution >= 4 is 40.6 Å². The van der Waals surface area contributed by atoms with Crippen molar-refractivity contribution in [2.45, 2.75) is 59.8 Å². The van der Waals surface area contributed by atoms with E-state index in [1.807, 2.05) is 75.4 Å². The minimum absolute atomic E-state index is 0.0130. The van der Waals surface area contributed by atoms with Crippen molar-refractivity contribution in [2.24, 2.45) is 0 Å². The van der Waals surface area contributed by atoms with Crippen molar-refractivity contribution < 1.29 is 14.8 Å². The molecule has 0 radical (unpaired) electrons. The van der Waals surface area contributed by atoms with Gasteiger partial charge in [-0.2, -0.15) is 5.10 Å². The third-order valence-corrected chi connectivity index (χ3v) is 5.70. The number of nitrogens with one attached hydrogen (secondary N) is 3. The summed E-state index contributed by atoms with van der Waals surface area (Å²) in [6, 6.07) is 19.8. The number of amides is 2. The van der Waals surface area contributed by atoms with Crippen LogP contribution in [0.25, 0.3) is 23.1 Å². The van der Waals surface area contributed by atoms with E-state index in [1.54, 1.807) is 11.7 Å². The monoisotopic (exact) mass is 529 g/mol. The molecule has 2 aromatic carbocycles. The molecule has 2 heterocycles. The summed E-state index contributed by atoms with van der Waals surface area (Å²) in [7, 11) is 0. The lowest BCUT2D eigenvalue weighted by Gasteiger charge is -2.07. The Balaban J connectivity index is 0.000000257. The number of H-pyrrole nitrogens is 1. The highest BCUT2D eigenvalue weighted by molar-refractivity contribution is 5.91. The first kappa shape index (κ1) is 30.9. The maximum Gasteiger partial charge on any atom is 0.243 e. The number of aromatic nitrogens is 3. The Hall–Kier alpha value is -4.30. The van der Waals surface area contributed by atoms with E-state index in [-0.39, 0.29) is 18.2 Å². The molecule has 0 aliphatic carbocycles. The van der Waals surface area contributed by atoms with E-state index in [1.165, 1.54) is 5.56 Å². The van der Waals surface area contributed by atoms with Crippen LogP contribution in [0.5, 0.6) is 0 Å². The van der Waals surface area contributed by atoms with E-state index in [9.17, 15) is 9.59 Å². The minimum atomic E-state index is -0.385. The van der Waals surface area contributed by atoms with Crippen LogP contribution in [-0.4, -0.2) is 32.2 Å². The van der Waals surface area contributed by atoms with Crippen molar-refractivity contribution in [1.29, 1.82) is 0 Å². The molecule has 0 spiro atoms. The largest absolute Gasteiger partial charge is 0.326 e. The molecule has 0 atom stereocenters. The fourth-order valence-electron chi connectivity index (χ4n) is 3.65. The minimum Gasteiger partial charge on any atom is -0.326 e. The SMILES string of the molecule is CC.Cc1ccc2c(/C=C/c3ccccn3)n[nH]c2c1.Cc1ccccc1NC(=O)CCCCCC(=O)NO. The number of rotatable bonds is 9. The Bertz CT molecular complexity index is 1330. The Kier molecular flexibility index (Phi) is 13.7. The van der Waals surface area contributed by atoms with Gasteiger partial charge in [0.15, 0.2) is 0 Å². The molecule has 39 heavy (non-hydrogen) atoms. The van der Waals surface area contributed by atoms with E-state index in [4.69, 9.17) is 5.21 Å². The van der Waals surface area contributed by atoms with Gasteiger partial charge in [0.25, 0.3) is 0 Å². The van der Waals surface area contributed by atoms with Crippen LogP contribution in [0.4, 0.5) is 5.69 Å². The topological polar surface area (TPSA) is 120 Å². The summed E-state index contributed by atoms with van der Waals surface area (Å²) in [6.45, 7) is 8.02. The molecule has 2 amide bonds. The fraction of sp³-hybridized carbons (Fsp3) is 0.290. The fourth-order valence-corrected chi connectivity index (χ4v) is 3.65. The molecule has 0 saturated heterocycles. The number of anilines is 1. The maximum atomic E-state index is 11.7. The third-order valence-electron chi connectivity index (χ3n) is 5.70. The molecular weight excluding hydrogens is 490 g/mol. The Morgan fingerprint density at radius 1 is 0.897 bits per heavy atom. The smallest absolute Gasteiger partial charge is 0.243 e. The summed E-state index contributed by atoms with van der Waals surface area (Å²) in [5.41, 5.74) is 7.63. The number of para-hydroxylation sites is 1. The lowest BCUT2D eigenvalue weighted by Crippen LogP contribution is -2.17. The van der Waals surface area contributed by atoms with Crippen molar-refractivity contribution in [3.8, 4) is 0 Å². The van der Waals surface area contributed by atoms with Crippen molar-refractivity contribution in [2.75, 3.05) is 5.32 Å². The highest BCUT2D eigenvalue weighted by atomic mass is 16.5. The van der Waals surface area contributed by atoms with Crippen LogP contribution in [0.1, 0.15) is 68.5 Å². The number of aryl methyl sites for hydroxylation is 2. The molecule has 0 saturated carbocycles. The quantitative estimate of drug-likeness (QED) is 0.107. The molecule has 4 aromatic rings. The van der Waals surface area contributed by atoms with Crippen LogP contribution in [0.2, 0.25) is 0 Å². The molecule has 0 aliphatic heterocycles. The summed E-state index contributed by atoms with van der Waals surface area (Å²) < 4.78 is 0. The molecule has 0 bridgehead atoms. The number of hydrogen-bond acceptors (Lipinski definition) is 5. The summed E-state index contributed by atoms with van der Waals surface area (Å²) in [6.07, 6.45) is 8.65. The molecule has 0 unspecified atom stereocenters. The number of aromatic amines is 1. The lowest BCUT2D eigenvalue weighted by atomic mass is 10.1. The van der Waals surface area contributed by atoms with E-state index >= 15 is 0 Å². The first-order valence-electron chi connectivity index (χ1n) is 13.3. The number of pyridine rings is 1. The number of nitrogens with zero attached hydrogens (tertiary/aromatic N) is 2. The van der Waals surface area contributed by atoms with Crippen molar-refractivity contribution in [3.63, 3.8) is 0 Å². The first-order chi connectivity index (χ1) is 19.0. The lowest BCUT2D eigenvalue weighted by molar-refractivity contribution is -0.129. The highest BCUT2D eigenvalue weighted by Crippen LogP contribution is 2.19. The molecule has 206 valence electrons. The van der Waals surface area contributed by atoms with Crippen LogP contribution >= 0.6 is 0 Å². The third kappa shape index (κ3) is 10.9. The maximum absolute atomic E-state index is 11.7. The van der Waals surface area contributed by atoms with Crippen LogP contribution < -0.4 is 10.8 Å². The number of carbonyl (C=O) groups is 2. The Morgan fingerprint density at radius 3 is 2.31 bits per heavy atom. The van der Waals surface area contributed by atoms with Gasteiger partial charge in [-0.1, -0.05) is 56.7 Å². The van der Waals surface area contributed by atoms with E-state index in [2.05, 4.69) is 45.6 Å². The van der Waals surface area contributed by atoms with E-state index in [0.29, 0.717) is 12.8 Å². The summed E-state index contributed by atoms with van der Waals surface area (Å²) in [5, 5.41) is 19.7. The number of benzene rings is 2. The van der Waals surface area contributed by atoms with Gasteiger partial charge < -0.3 is 5.32 Å². The van der Waals surface area contributed by atoms with Gasteiger partial charge in [0, 0.05) is 30.1 Å². The van der Waals surface area contributed by atoms with E-state index in [0.717, 1.165) is 46.4 Å². The predicted octanol–water partition coefficient (Wildman–Crippen LogP) is 6.85. The summed E-state index contributed by atoms with van der Waals surface area (Å²) in [4.78, 5) is 26.7. The van der Waals surface area contributed by atoms with Gasteiger partial charge in [0.05, 0.1) is 16.9 Å². The Morgan fingerprint density at radius 2 is 1.62 bits per heavy atom. The second kappa shape index (κ2) is 17.3. The first-order valence-corrected chi connectivity index (χ1v) is 13.3. The standard InChI is InChI=1S/C15H13N3.C14H20N2O3.C2H6/c1-11-5-7-13-14(17-18-15(13)10-11)8-6-12-4-2-3-9-16-12;1-11-7-5-6-8-12(11)15-13(17)9-3-2-4-10-14(18)16-19;1-2/h2-10H,1H3,(H,17,18);5-8,19H,2-4,9-10H2,1H3,(H,15,17)(H,16,18);1-2H3/b8-6+;;. The number of fused-ring (bicyclic) bond motifs is 1. The molecule has 4 rings (SSSR count). The number of hydrogen-bond donors (Lipinski definition) is 4. The zero-order valence-corrected chi connectivity index (χ0v) is 23.2. The summed E-state index contributed by atoms with van der Waals surface area (Å²) in [5.74, 6) is -0.398. The number of unbranched alkanes of at least 4 members (excludes halogenated alkanes) is 2. The van der Waals surface area contributed by atoms with E-state index < -0.39 is 0 Å². The zero-order chi connectivity index (χ0) is 28.5. The average molecular weight is 530 g/mol. The molecule has 4 N–H and O–H groups in total. The molecule has 8 heteroatoms. The van der Waals surface area contributed by atoms with Crippen LogP contribution in [0.15, 0.2) is 66.9 Å². The van der Waals surface area contributed by atoms with Gasteiger partial charge in [-0.3, -0.25) is 24.9 Å². The number of hydroxylamine groups is 1. The second-order valence-corrected chi connectivity index (χ2v) is 8.70. The summed E-state index contributed by atoms with van der Waals surface area (Å²) >= 11 is 0. The van der Waals surface area contributed by atoms with Crippen LogP contribution in [-0.2, 0) is 9.59 Å². The van der Waals surface area contributed by atoms with Crippen molar-refractivity contribution in [3.05, 3.63) is 89.4 Å². The molecule has 0 fully saturated rings. The van der Waals surface area contributed by atoms with Crippen LogP contribution in [0, 0.1) is 13.8 Å². The van der Waals surface area contributed by atoms with Gasteiger partial charge in [0.1, 0.15) is 0 Å². The van der Waals surface area contributed by atoms with Gasteiger partial charge in [-0.05, 0) is 74.2 Å². The van der Waals surface area contributed by atoms with Gasteiger partial charge >= 0.3 is 0 Å².